The molecule has 0 saturated carbocycles. The van der Waals surface area contributed by atoms with Crippen LogP contribution in [0.25, 0.3) is 0 Å². The van der Waals surface area contributed by atoms with Gasteiger partial charge in [0.25, 0.3) is 0 Å². The Labute approximate surface area is 105 Å². The summed E-state index contributed by atoms with van der Waals surface area (Å²) in [5.41, 5.74) is 0. The summed E-state index contributed by atoms with van der Waals surface area (Å²) in [6.07, 6.45) is 5.71. The molecule has 2 rings (SSSR count). The lowest BCUT2D eigenvalue weighted by atomic mass is 10.4. The second kappa shape index (κ2) is 5.86. The van der Waals surface area contributed by atoms with Crippen molar-refractivity contribution in [2.75, 3.05) is 31.2 Å². The molecule has 1 aromatic heterocycles. The van der Waals surface area contributed by atoms with Crippen molar-refractivity contribution in [3.8, 4) is 0 Å². The van der Waals surface area contributed by atoms with Crippen molar-refractivity contribution in [3.05, 3.63) is 12.4 Å². The predicted octanol–water partition coefficient (Wildman–Crippen LogP) is 1.23. The van der Waals surface area contributed by atoms with Crippen molar-refractivity contribution in [1.82, 2.24) is 14.9 Å². The van der Waals surface area contributed by atoms with E-state index < -0.39 is 0 Å². The summed E-state index contributed by atoms with van der Waals surface area (Å²) >= 11 is 1.56. The van der Waals surface area contributed by atoms with E-state index >= 15 is 0 Å². The first kappa shape index (κ1) is 12.2. The molecule has 0 atom stereocenters. The van der Waals surface area contributed by atoms with Crippen molar-refractivity contribution in [1.29, 1.82) is 0 Å². The number of anilines is 1. The Bertz CT molecular complexity index is 393. The molecule has 0 bridgehead atoms. The predicted molar refractivity (Wildman–Crippen MR) is 68.1 cm³/mol. The maximum absolute atomic E-state index is 11.8. The molecule has 1 fully saturated rings. The number of thioether (sulfide) groups is 1. The summed E-state index contributed by atoms with van der Waals surface area (Å²) in [4.78, 5) is 21.8. The lowest BCUT2D eigenvalue weighted by molar-refractivity contribution is -0.128. The van der Waals surface area contributed by atoms with E-state index in [1.165, 1.54) is 6.33 Å². The second-order valence-electron chi connectivity index (χ2n) is 3.89. The van der Waals surface area contributed by atoms with Gasteiger partial charge in [-0.15, -0.1) is 11.8 Å². The van der Waals surface area contributed by atoms with Gasteiger partial charge in [-0.05, 0) is 19.1 Å². The van der Waals surface area contributed by atoms with Crippen molar-refractivity contribution >= 4 is 23.5 Å². The monoisotopic (exact) mass is 252 g/mol. The molecule has 2 heterocycles. The highest BCUT2D eigenvalue weighted by Crippen LogP contribution is 2.13. The molecule has 1 amide bonds. The van der Waals surface area contributed by atoms with Gasteiger partial charge in [-0.25, -0.2) is 9.97 Å². The molecule has 6 heteroatoms. The zero-order chi connectivity index (χ0) is 12.1. The SMILES string of the molecule is CSc1cc(NCC(=O)N2CCCC2)ncn1. The molecule has 17 heavy (non-hydrogen) atoms. The third-order valence-corrected chi connectivity index (χ3v) is 3.37. The topological polar surface area (TPSA) is 58.1 Å². The van der Waals surface area contributed by atoms with Gasteiger partial charge < -0.3 is 10.2 Å². The van der Waals surface area contributed by atoms with Crippen molar-refractivity contribution < 1.29 is 4.79 Å². The van der Waals surface area contributed by atoms with Gasteiger partial charge in [0.1, 0.15) is 17.2 Å². The van der Waals surface area contributed by atoms with Gasteiger partial charge in [-0.1, -0.05) is 0 Å². The molecule has 92 valence electrons. The first-order valence-corrected chi connectivity index (χ1v) is 6.90. The van der Waals surface area contributed by atoms with Gasteiger partial charge >= 0.3 is 0 Å². The Morgan fingerprint density at radius 3 is 2.94 bits per heavy atom. The molecule has 0 spiro atoms. The molecule has 1 aromatic rings. The van der Waals surface area contributed by atoms with E-state index in [1.54, 1.807) is 11.8 Å². The summed E-state index contributed by atoms with van der Waals surface area (Å²) in [6.45, 7) is 2.09. The third-order valence-electron chi connectivity index (χ3n) is 2.73. The van der Waals surface area contributed by atoms with Crippen LogP contribution in [0.2, 0.25) is 0 Å². The van der Waals surface area contributed by atoms with Gasteiger partial charge in [0.2, 0.25) is 5.91 Å². The van der Waals surface area contributed by atoms with Gasteiger partial charge in [0.15, 0.2) is 0 Å². The maximum atomic E-state index is 11.8. The number of carbonyl (C=O) groups is 1. The van der Waals surface area contributed by atoms with Crippen LogP contribution >= 0.6 is 11.8 Å². The molecule has 0 radical (unpaired) electrons. The van der Waals surface area contributed by atoms with Crippen LogP contribution in [-0.2, 0) is 4.79 Å². The first-order valence-electron chi connectivity index (χ1n) is 5.67. The molecule has 0 aliphatic carbocycles. The van der Waals surface area contributed by atoms with Crippen molar-refractivity contribution in [2.45, 2.75) is 17.9 Å². The number of hydrogen-bond acceptors (Lipinski definition) is 5. The number of nitrogens with one attached hydrogen (secondary N) is 1. The largest absolute Gasteiger partial charge is 0.361 e. The van der Waals surface area contributed by atoms with Crippen LogP contribution in [0.15, 0.2) is 17.4 Å². The molecule has 1 saturated heterocycles. The Balaban J connectivity index is 1.86. The number of aromatic nitrogens is 2. The molecule has 0 unspecified atom stereocenters. The molecular formula is C11H16N4OS. The fourth-order valence-electron chi connectivity index (χ4n) is 1.79. The quantitative estimate of drug-likeness (QED) is 0.645. The highest BCUT2D eigenvalue weighted by atomic mass is 32.2. The van der Waals surface area contributed by atoms with Gasteiger partial charge in [-0.2, -0.15) is 0 Å². The van der Waals surface area contributed by atoms with E-state index in [-0.39, 0.29) is 5.91 Å². The molecular weight excluding hydrogens is 236 g/mol. The Morgan fingerprint density at radius 1 is 1.47 bits per heavy atom. The Hall–Kier alpha value is -1.30. The van der Waals surface area contributed by atoms with E-state index in [0.717, 1.165) is 31.0 Å². The number of hydrogen-bond donors (Lipinski definition) is 1. The number of nitrogens with zero attached hydrogens (tertiary/aromatic N) is 3. The summed E-state index contributed by atoms with van der Waals surface area (Å²) < 4.78 is 0. The summed E-state index contributed by atoms with van der Waals surface area (Å²) in [7, 11) is 0. The van der Waals surface area contributed by atoms with Crippen LogP contribution in [0.3, 0.4) is 0 Å². The summed E-state index contributed by atoms with van der Waals surface area (Å²) in [5, 5.41) is 3.94. The van der Waals surface area contributed by atoms with E-state index in [1.807, 2.05) is 17.2 Å². The minimum Gasteiger partial charge on any atom is -0.361 e. The second-order valence-corrected chi connectivity index (χ2v) is 4.71. The van der Waals surface area contributed by atoms with Gasteiger partial charge in [0.05, 0.1) is 6.54 Å². The van der Waals surface area contributed by atoms with Crippen LogP contribution in [0, 0.1) is 0 Å². The van der Waals surface area contributed by atoms with Crippen LogP contribution in [-0.4, -0.2) is 46.7 Å². The molecule has 1 aliphatic rings. The van der Waals surface area contributed by atoms with Crippen molar-refractivity contribution in [3.63, 3.8) is 0 Å². The van der Waals surface area contributed by atoms with Gasteiger partial charge in [-0.3, -0.25) is 4.79 Å². The number of likely N-dealkylation sites (tertiary alicyclic amines) is 1. The average molecular weight is 252 g/mol. The minimum atomic E-state index is 0.145. The van der Waals surface area contributed by atoms with E-state index in [2.05, 4.69) is 15.3 Å². The maximum Gasteiger partial charge on any atom is 0.241 e. The Morgan fingerprint density at radius 2 is 2.24 bits per heavy atom. The fraction of sp³-hybridized carbons (Fsp3) is 0.545. The third kappa shape index (κ3) is 3.33. The van der Waals surface area contributed by atoms with Crippen LogP contribution in [0.1, 0.15) is 12.8 Å². The van der Waals surface area contributed by atoms with Gasteiger partial charge in [0, 0.05) is 19.2 Å². The summed E-state index contributed by atoms with van der Waals surface area (Å²) in [5.74, 6) is 0.851. The Kier molecular flexibility index (Phi) is 4.19. The van der Waals surface area contributed by atoms with Crippen molar-refractivity contribution in [2.24, 2.45) is 0 Å². The zero-order valence-corrected chi connectivity index (χ0v) is 10.7. The summed E-state index contributed by atoms with van der Waals surface area (Å²) in [6, 6.07) is 1.85. The standard InChI is InChI=1S/C11H16N4OS/c1-17-10-6-9(13-8-14-10)12-7-11(16)15-4-2-3-5-15/h6,8H,2-5,7H2,1H3,(H,12,13,14). The molecule has 5 nitrogen and oxygen atoms in total. The number of rotatable bonds is 4. The number of carbonyl (C=O) groups excluding carboxylic acids is 1. The molecule has 0 aromatic carbocycles. The van der Waals surface area contributed by atoms with Crippen LogP contribution in [0.4, 0.5) is 5.82 Å². The van der Waals surface area contributed by atoms with E-state index in [4.69, 9.17) is 0 Å². The average Bonchev–Trinajstić information content (AvgIpc) is 2.90. The normalized spacial score (nSPS) is 15.0. The minimum absolute atomic E-state index is 0.145. The molecule has 1 N–H and O–H groups in total. The molecule has 1 aliphatic heterocycles. The smallest absolute Gasteiger partial charge is 0.241 e. The van der Waals surface area contributed by atoms with E-state index in [9.17, 15) is 4.79 Å². The van der Waals surface area contributed by atoms with E-state index in [0.29, 0.717) is 12.4 Å². The highest BCUT2D eigenvalue weighted by Gasteiger charge is 2.17. The van der Waals surface area contributed by atoms with Crippen LogP contribution in [0.5, 0.6) is 0 Å². The number of amides is 1. The zero-order valence-electron chi connectivity index (χ0n) is 9.85. The lowest BCUT2D eigenvalue weighted by Crippen LogP contribution is -2.33. The fourth-order valence-corrected chi connectivity index (χ4v) is 2.17. The lowest BCUT2D eigenvalue weighted by Gasteiger charge is -2.15. The van der Waals surface area contributed by atoms with Crippen LogP contribution < -0.4 is 5.32 Å². The first-order chi connectivity index (χ1) is 8.29. The highest BCUT2D eigenvalue weighted by molar-refractivity contribution is 7.98.